The van der Waals surface area contributed by atoms with Crippen molar-refractivity contribution in [2.24, 2.45) is 7.05 Å². The number of nitrogens with zero attached hydrogens (tertiary/aromatic N) is 3. The van der Waals surface area contributed by atoms with Crippen molar-refractivity contribution >= 4 is 16.9 Å². The molecule has 0 bridgehead atoms. The largest absolute Gasteiger partial charge is 0.464 e. The molecule has 2 atom stereocenters. The molecule has 0 unspecified atom stereocenters. The van der Waals surface area contributed by atoms with Gasteiger partial charge in [-0.3, -0.25) is 4.79 Å². The Morgan fingerprint density at radius 3 is 2.96 bits per heavy atom. The monoisotopic (exact) mass is 338 g/mol. The van der Waals surface area contributed by atoms with Crippen LogP contribution in [0.3, 0.4) is 0 Å². The van der Waals surface area contributed by atoms with Gasteiger partial charge in [0.15, 0.2) is 0 Å². The van der Waals surface area contributed by atoms with Gasteiger partial charge in [0.25, 0.3) is 0 Å². The molecule has 1 N–H and O–H groups in total. The molecule has 4 rings (SSSR count). The third-order valence-corrected chi connectivity index (χ3v) is 4.99. The van der Waals surface area contributed by atoms with Gasteiger partial charge >= 0.3 is 0 Å². The van der Waals surface area contributed by atoms with Gasteiger partial charge in [-0.05, 0) is 13.1 Å². The van der Waals surface area contributed by atoms with E-state index >= 15 is 0 Å². The minimum atomic E-state index is 0.0269. The molecule has 6 heteroatoms. The van der Waals surface area contributed by atoms with Crippen LogP contribution < -0.4 is 5.32 Å². The van der Waals surface area contributed by atoms with Gasteiger partial charge in [0.1, 0.15) is 5.58 Å². The van der Waals surface area contributed by atoms with Crippen LogP contribution in [0.4, 0.5) is 0 Å². The zero-order chi connectivity index (χ0) is 17.4. The van der Waals surface area contributed by atoms with Crippen LogP contribution >= 0.6 is 0 Å². The number of fused-ring (bicyclic) bond motifs is 1. The Kier molecular flexibility index (Phi) is 4.05. The first-order chi connectivity index (χ1) is 12.1. The minimum absolute atomic E-state index is 0.0269. The molecule has 0 aliphatic carbocycles. The van der Waals surface area contributed by atoms with E-state index in [1.807, 2.05) is 48.4 Å². The lowest BCUT2D eigenvalue weighted by molar-refractivity contribution is -0.121. The minimum Gasteiger partial charge on any atom is -0.464 e. The van der Waals surface area contributed by atoms with Crippen molar-refractivity contribution in [2.75, 3.05) is 20.1 Å². The van der Waals surface area contributed by atoms with Crippen LogP contribution in [0, 0.1) is 0 Å². The van der Waals surface area contributed by atoms with E-state index in [-0.39, 0.29) is 17.9 Å². The molecule has 1 saturated heterocycles. The van der Waals surface area contributed by atoms with E-state index in [1.165, 1.54) is 0 Å². The topological polar surface area (TPSA) is 63.3 Å². The number of furan rings is 1. The van der Waals surface area contributed by atoms with E-state index in [4.69, 9.17) is 4.42 Å². The Labute approximate surface area is 146 Å². The fourth-order valence-electron chi connectivity index (χ4n) is 3.77. The van der Waals surface area contributed by atoms with Gasteiger partial charge in [-0.15, -0.1) is 0 Å². The van der Waals surface area contributed by atoms with Crippen molar-refractivity contribution < 1.29 is 9.21 Å². The number of para-hydroxylation sites is 1. The molecule has 2 aromatic heterocycles. The summed E-state index contributed by atoms with van der Waals surface area (Å²) < 4.78 is 7.57. The number of carbonyl (C=O) groups excluding carboxylic acids is 1. The highest BCUT2D eigenvalue weighted by Crippen LogP contribution is 2.27. The van der Waals surface area contributed by atoms with Gasteiger partial charge in [0.2, 0.25) is 5.91 Å². The summed E-state index contributed by atoms with van der Waals surface area (Å²) >= 11 is 0. The zero-order valence-electron chi connectivity index (χ0n) is 14.5. The third kappa shape index (κ3) is 3.05. The van der Waals surface area contributed by atoms with Gasteiger partial charge in [0.05, 0.1) is 25.1 Å². The van der Waals surface area contributed by atoms with Crippen LogP contribution in [0.15, 0.2) is 47.5 Å². The summed E-state index contributed by atoms with van der Waals surface area (Å²) in [6.07, 6.45) is 5.72. The van der Waals surface area contributed by atoms with Crippen LogP contribution in [-0.2, 0) is 18.3 Å². The number of hydrogen-bond acceptors (Lipinski definition) is 4. The van der Waals surface area contributed by atoms with Gasteiger partial charge in [-0.1, -0.05) is 18.2 Å². The number of likely N-dealkylation sites (tertiary alicyclic amines) is 1. The molecular formula is C19H22N4O2. The molecule has 1 fully saturated rings. The summed E-state index contributed by atoms with van der Waals surface area (Å²) in [5, 5.41) is 4.22. The molecule has 0 radical (unpaired) electrons. The maximum absolute atomic E-state index is 12.6. The lowest BCUT2D eigenvalue weighted by Gasteiger charge is -2.20. The summed E-state index contributed by atoms with van der Waals surface area (Å²) in [5.74, 6) is 0.279. The number of hydrogen-bond donors (Lipinski definition) is 1. The highest BCUT2D eigenvalue weighted by Gasteiger charge is 2.34. The molecule has 1 aromatic carbocycles. The Morgan fingerprint density at radius 1 is 1.32 bits per heavy atom. The van der Waals surface area contributed by atoms with Crippen molar-refractivity contribution in [2.45, 2.75) is 18.4 Å². The molecule has 1 aliphatic heterocycles. The van der Waals surface area contributed by atoms with Crippen LogP contribution in [0.2, 0.25) is 0 Å². The maximum atomic E-state index is 12.6. The number of nitrogens with one attached hydrogen (secondary N) is 1. The normalized spacial score (nSPS) is 21.0. The molecular weight excluding hydrogens is 316 g/mol. The zero-order valence-corrected chi connectivity index (χ0v) is 14.5. The highest BCUT2D eigenvalue weighted by molar-refractivity contribution is 5.87. The fraction of sp³-hybridized carbons (Fsp3) is 0.368. The predicted molar refractivity (Wildman–Crippen MR) is 95.3 cm³/mol. The molecule has 6 nitrogen and oxygen atoms in total. The lowest BCUT2D eigenvalue weighted by Crippen LogP contribution is -2.40. The first-order valence-electron chi connectivity index (χ1n) is 8.51. The number of benzene rings is 1. The van der Waals surface area contributed by atoms with Gasteiger partial charge < -0.3 is 19.2 Å². The van der Waals surface area contributed by atoms with Crippen LogP contribution in [0.25, 0.3) is 11.0 Å². The standard InChI is InChI=1S/C19H22N4O2/c1-22-9-15(17-8-20-12-23(17)2)16(10-22)21-19(24)7-13-11-25-18-6-4-3-5-14(13)18/h3-6,8,11-12,15-16H,7,9-10H2,1-2H3,(H,21,24)/t15-,16-/m1/s1. The third-order valence-electron chi connectivity index (χ3n) is 4.99. The quantitative estimate of drug-likeness (QED) is 0.789. The van der Waals surface area contributed by atoms with Crippen molar-refractivity contribution in [3.8, 4) is 0 Å². The lowest BCUT2D eigenvalue weighted by atomic mass is 9.99. The van der Waals surface area contributed by atoms with E-state index in [9.17, 15) is 4.79 Å². The van der Waals surface area contributed by atoms with Crippen LogP contribution in [0.1, 0.15) is 17.2 Å². The second-order valence-electron chi connectivity index (χ2n) is 6.86. The maximum Gasteiger partial charge on any atom is 0.224 e. The summed E-state index contributed by atoms with van der Waals surface area (Å²) in [5.41, 5.74) is 2.90. The summed E-state index contributed by atoms with van der Waals surface area (Å²) in [6.45, 7) is 1.76. The van der Waals surface area contributed by atoms with Crippen molar-refractivity contribution in [1.29, 1.82) is 0 Å². The van der Waals surface area contributed by atoms with Crippen molar-refractivity contribution in [3.63, 3.8) is 0 Å². The van der Waals surface area contributed by atoms with Crippen LogP contribution in [-0.4, -0.2) is 46.5 Å². The van der Waals surface area contributed by atoms with E-state index in [0.29, 0.717) is 6.42 Å². The molecule has 3 heterocycles. The number of likely N-dealkylation sites (N-methyl/N-ethyl adjacent to an activating group) is 1. The van der Waals surface area contributed by atoms with Crippen molar-refractivity contribution in [1.82, 2.24) is 19.8 Å². The molecule has 1 amide bonds. The van der Waals surface area contributed by atoms with Gasteiger partial charge in [0, 0.05) is 48.9 Å². The molecule has 0 saturated carbocycles. The van der Waals surface area contributed by atoms with Gasteiger partial charge in [-0.2, -0.15) is 0 Å². The second kappa shape index (κ2) is 6.37. The smallest absolute Gasteiger partial charge is 0.224 e. The van der Waals surface area contributed by atoms with Crippen LogP contribution in [0.5, 0.6) is 0 Å². The number of imidazole rings is 1. The van der Waals surface area contributed by atoms with Gasteiger partial charge in [-0.25, -0.2) is 4.98 Å². The first kappa shape index (κ1) is 15.9. The summed E-state index contributed by atoms with van der Waals surface area (Å²) in [6, 6.07) is 7.89. The Bertz CT molecular complexity index is 898. The molecule has 130 valence electrons. The van der Waals surface area contributed by atoms with E-state index in [1.54, 1.807) is 6.26 Å². The highest BCUT2D eigenvalue weighted by atomic mass is 16.3. The molecule has 1 aliphatic rings. The first-order valence-corrected chi connectivity index (χ1v) is 8.51. The second-order valence-corrected chi connectivity index (χ2v) is 6.86. The van der Waals surface area contributed by atoms with E-state index in [2.05, 4.69) is 22.2 Å². The Morgan fingerprint density at radius 2 is 2.16 bits per heavy atom. The summed E-state index contributed by atoms with van der Waals surface area (Å²) in [7, 11) is 4.08. The average Bonchev–Trinajstić information content (AvgIpc) is 3.27. The van der Waals surface area contributed by atoms with Crippen molar-refractivity contribution in [3.05, 3.63) is 54.3 Å². The average molecular weight is 338 g/mol. The van der Waals surface area contributed by atoms with E-state index < -0.39 is 0 Å². The number of rotatable bonds is 4. The predicted octanol–water partition coefficient (Wildman–Crippen LogP) is 1.92. The molecule has 3 aromatic rings. The van der Waals surface area contributed by atoms with E-state index in [0.717, 1.165) is 35.3 Å². The Balaban J connectivity index is 1.49. The molecule has 25 heavy (non-hydrogen) atoms. The Hall–Kier alpha value is -2.60. The summed E-state index contributed by atoms with van der Waals surface area (Å²) in [4.78, 5) is 19.1. The number of aromatic nitrogens is 2. The number of amides is 1. The fourth-order valence-corrected chi connectivity index (χ4v) is 3.77. The molecule has 0 spiro atoms. The number of aryl methyl sites for hydroxylation is 1. The number of carbonyl (C=O) groups is 1. The SMILES string of the molecule is CN1C[C@@H](NC(=O)Cc2coc3ccccc23)[C@H](c2cncn2C)C1.